The van der Waals surface area contributed by atoms with Crippen molar-refractivity contribution in [2.75, 3.05) is 6.54 Å². The zero-order valence-electron chi connectivity index (χ0n) is 10.4. The average Bonchev–Trinajstić information content (AvgIpc) is 2.28. The molecule has 1 fully saturated rings. The van der Waals surface area contributed by atoms with Gasteiger partial charge in [-0.2, -0.15) is 0 Å². The summed E-state index contributed by atoms with van der Waals surface area (Å²) < 4.78 is 1.13. The maximum Gasteiger partial charge on any atom is 0.217 e. The molecular formula is C14H19BrN2O. The highest BCUT2D eigenvalue weighted by molar-refractivity contribution is 9.10. The SMILES string of the molecule is NC(=O)CCCNC1CC(c2ccc(Br)cc2)C1. The molecule has 0 unspecified atom stereocenters. The molecule has 0 heterocycles. The fourth-order valence-electron chi connectivity index (χ4n) is 2.36. The van der Waals surface area contributed by atoms with Gasteiger partial charge in [0.2, 0.25) is 5.91 Å². The van der Waals surface area contributed by atoms with Crippen LogP contribution in [0.15, 0.2) is 28.7 Å². The van der Waals surface area contributed by atoms with Crippen LogP contribution >= 0.6 is 15.9 Å². The predicted octanol–water partition coefficient (Wildman–Crippen LogP) is 2.55. The fourth-order valence-corrected chi connectivity index (χ4v) is 2.62. The molecule has 2 rings (SSSR count). The van der Waals surface area contributed by atoms with Gasteiger partial charge >= 0.3 is 0 Å². The molecule has 98 valence electrons. The lowest BCUT2D eigenvalue weighted by molar-refractivity contribution is -0.118. The van der Waals surface area contributed by atoms with E-state index in [4.69, 9.17) is 5.73 Å². The Labute approximate surface area is 116 Å². The van der Waals surface area contributed by atoms with Crippen LogP contribution in [0.25, 0.3) is 0 Å². The predicted molar refractivity (Wildman–Crippen MR) is 76.3 cm³/mol. The van der Waals surface area contributed by atoms with Crippen LogP contribution in [0.5, 0.6) is 0 Å². The van der Waals surface area contributed by atoms with Crippen LogP contribution in [0.1, 0.15) is 37.2 Å². The first-order valence-electron chi connectivity index (χ1n) is 6.42. The summed E-state index contributed by atoms with van der Waals surface area (Å²) in [6.07, 6.45) is 3.71. The molecule has 1 aromatic carbocycles. The molecule has 0 atom stereocenters. The van der Waals surface area contributed by atoms with Crippen LogP contribution in [-0.4, -0.2) is 18.5 Å². The number of primary amides is 1. The van der Waals surface area contributed by atoms with Crippen molar-refractivity contribution in [2.24, 2.45) is 5.73 Å². The molecule has 0 spiro atoms. The molecule has 3 N–H and O–H groups in total. The van der Waals surface area contributed by atoms with E-state index in [9.17, 15) is 4.79 Å². The lowest BCUT2D eigenvalue weighted by Gasteiger charge is -2.36. The van der Waals surface area contributed by atoms with Crippen molar-refractivity contribution in [1.82, 2.24) is 5.32 Å². The van der Waals surface area contributed by atoms with Crippen LogP contribution in [0.3, 0.4) is 0 Å². The zero-order chi connectivity index (χ0) is 13.0. The van der Waals surface area contributed by atoms with E-state index in [2.05, 4.69) is 45.5 Å². The van der Waals surface area contributed by atoms with Crippen LogP contribution in [0.2, 0.25) is 0 Å². The van der Waals surface area contributed by atoms with Crippen LogP contribution in [-0.2, 0) is 4.79 Å². The minimum absolute atomic E-state index is 0.210. The van der Waals surface area contributed by atoms with E-state index < -0.39 is 0 Å². The molecule has 1 aliphatic rings. The van der Waals surface area contributed by atoms with Crippen molar-refractivity contribution in [3.05, 3.63) is 34.3 Å². The number of hydrogen-bond acceptors (Lipinski definition) is 2. The molecule has 0 saturated heterocycles. The molecule has 0 aromatic heterocycles. The van der Waals surface area contributed by atoms with Gasteiger partial charge in [0, 0.05) is 16.9 Å². The van der Waals surface area contributed by atoms with Crippen molar-refractivity contribution in [3.8, 4) is 0 Å². The molecule has 0 bridgehead atoms. The maximum absolute atomic E-state index is 10.6. The minimum Gasteiger partial charge on any atom is -0.370 e. The number of hydrogen-bond donors (Lipinski definition) is 2. The summed E-state index contributed by atoms with van der Waals surface area (Å²) in [5.41, 5.74) is 6.52. The normalized spacial score (nSPS) is 22.5. The Morgan fingerprint density at radius 1 is 1.33 bits per heavy atom. The van der Waals surface area contributed by atoms with E-state index in [0.29, 0.717) is 18.4 Å². The third kappa shape index (κ3) is 3.82. The molecule has 1 aliphatic carbocycles. The van der Waals surface area contributed by atoms with E-state index in [-0.39, 0.29) is 5.91 Å². The Hall–Kier alpha value is -0.870. The Balaban J connectivity index is 1.64. The van der Waals surface area contributed by atoms with Crippen molar-refractivity contribution < 1.29 is 4.79 Å². The smallest absolute Gasteiger partial charge is 0.217 e. The van der Waals surface area contributed by atoms with E-state index in [1.54, 1.807) is 0 Å². The van der Waals surface area contributed by atoms with Gasteiger partial charge < -0.3 is 11.1 Å². The highest BCUT2D eigenvalue weighted by Crippen LogP contribution is 2.37. The van der Waals surface area contributed by atoms with Gasteiger partial charge in [-0.1, -0.05) is 28.1 Å². The van der Waals surface area contributed by atoms with Crippen LogP contribution in [0, 0.1) is 0 Å². The van der Waals surface area contributed by atoms with Gasteiger partial charge in [0.15, 0.2) is 0 Å². The van der Waals surface area contributed by atoms with Gasteiger partial charge in [-0.05, 0) is 49.4 Å². The number of halogens is 1. The lowest BCUT2D eigenvalue weighted by Crippen LogP contribution is -2.40. The molecule has 0 aliphatic heterocycles. The van der Waals surface area contributed by atoms with Crippen molar-refractivity contribution >= 4 is 21.8 Å². The Morgan fingerprint density at radius 2 is 2.00 bits per heavy atom. The lowest BCUT2D eigenvalue weighted by atomic mass is 9.76. The summed E-state index contributed by atoms with van der Waals surface area (Å²) in [5, 5.41) is 3.47. The number of benzene rings is 1. The van der Waals surface area contributed by atoms with E-state index in [1.165, 1.54) is 18.4 Å². The minimum atomic E-state index is -0.210. The first kappa shape index (κ1) is 13.6. The quantitative estimate of drug-likeness (QED) is 0.793. The average molecular weight is 311 g/mol. The van der Waals surface area contributed by atoms with Crippen molar-refractivity contribution in [2.45, 2.75) is 37.6 Å². The Kier molecular flexibility index (Phi) is 4.78. The summed E-state index contributed by atoms with van der Waals surface area (Å²) in [6, 6.07) is 9.19. The maximum atomic E-state index is 10.6. The van der Waals surface area contributed by atoms with E-state index in [1.807, 2.05) is 0 Å². The van der Waals surface area contributed by atoms with Gasteiger partial charge in [-0.25, -0.2) is 0 Å². The monoisotopic (exact) mass is 310 g/mol. The summed E-state index contributed by atoms with van der Waals surface area (Å²) in [7, 11) is 0. The van der Waals surface area contributed by atoms with Gasteiger partial charge in [-0.3, -0.25) is 4.79 Å². The number of carbonyl (C=O) groups excluding carboxylic acids is 1. The Morgan fingerprint density at radius 3 is 2.61 bits per heavy atom. The fraction of sp³-hybridized carbons (Fsp3) is 0.500. The second-order valence-electron chi connectivity index (χ2n) is 4.94. The van der Waals surface area contributed by atoms with Gasteiger partial charge in [0.05, 0.1) is 0 Å². The van der Waals surface area contributed by atoms with Crippen LogP contribution < -0.4 is 11.1 Å². The summed E-state index contributed by atoms with van der Waals surface area (Å²) in [4.78, 5) is 10.6. The Bertz CT molecular complexity index is 399. The number of nitrogens with two attached hydrogens (primary N) is 1. The van der Waals surface area contributed by atoms with E-state index >= 15 is 0 Å². The molecular weight excluding hydrogens is 292 g/mol. The topological polar surface area (TPSA) is 55.1 Å². The first-order valence-corrected chi connectivity index (χ1v) is 7.21. The van der Waals surface area contributed by atoms with Crippen molar-refractivity contribution in [1.29, 1.82) is 0 Å². The molecule has 1 amide bonds. The summed E-state index contributed by atoms with van der Waals surface area (Å²) >= 11 is 3.45. The van der Waals surface area contributed by atoms with Gasteiger partial charge in [-0.15, -0.1) is 0 Å². The second-order valence-corrected chi connectivity index (χ2v) is 5.86. The molecule has 18 heavy (non-hydrogen) atoms. The summed E-state index contributed by atoms with van der Waals surface area (Å²) in [6.45, 7) is 0.890. The standard InChI is InChI=1S/C14H19BrN2O/c15-12-5-3-10(4-6-12)11-8-13(9-11)17-7-1-2-14(16)18/h3-6,11,13,17H,1-2,7-9H2,(H2,16,18). The molecule has 4 heteroatoms. The molecule has 0 radical (unpaired) electrons. The summed E-state index contributed by atoms with van der Waals surface area (Å²) in [5.74, 6) is 0.477. The van der Waals surface area contributed by atoms with E-state index in [0.717, 1.165) is 17.4 Å². The van der Waals surface area contributed by atoms with Crippen LogP contribution in [0.4, 0.5) is 0 Å². The highest BCUT2D eigenvalue weighted by atomic mass is 79.9. The van der Waals surface area contributed by atoms with Crippen molar-refractivity contribution in [3.63, 3.8) is 0 Å². The molecule has 1 aromatic rings. The third-order valence-electron chi connectivity index (χ3n) is 3.51. The molecule has 3 nitrogen and oxygen atoms in total. The first-order chi connectivity index (χ1) is 8.65. The highest BCUT2D eigenvalue weighted by Gasteiger charge is 2.29. The molecule has 1 saturated carbocycles. The third-order valence-corrected chi connectivity index (χ3v) is 4.04. The zero-order valence-corrected chi connectivity index (χ0v) is 11.9. The number of nitrogens with one attached hydrogen (secondary N) is 1. The largest absolute Gasteiger partial charge is 0.370 e. The van der Waals surface area contributed by atoms with Gasteiger partial charge in [0.25, 0.3) is 0 Å². The number of amides is 1. The second kappa shape index (κ2) is 6.34. The number of carbonyl (C=O) groups is 1. The van der Waals surface area contributed by atoms with Gasteiger partial charge in [0.1, 0.15) is 0 Å². The number of rotatable bonds is 6.